The molecule has 1 saturated heterocycles. The molecule has 138 valence electrons. The van der Waals surface area contributed by atoms with E-state index in [4.69, 9.17) is 19.6 Å². The molecule has 0 bridgehead atoms. The monoisotopic (exact) mass is 357 g/mol. The quantitative estimate of drug-likeness (QED) is 0.622. The summed E-state index contributed by atoms with van der Waals surface area (Å²) in [5, 5.41) is 2.88. The molecule has 2 aromatic carbocycles. The Morgan fingerprint density at radius 1 is 0.885 bits per heavy atom. The van der Waals surface area contributed by atoms with Gasteiger partial charge in [0.1, 0.15) is 0 Å². The van der Waals surface area contributed by atoms with Crippen LogP contribution in [0.3, 0.4) is 0 Å². The first kappa shape index (κ1) is 18.5. The molecule has 1 amide bonds. The van der Waals surface area contributed by atoms with E-state index in [-0.39, 0.29) is 5.91 Å². The van der Waals surface area contributed by atoms with Gasteiger partial charge in [-0.2, -0.15) is 19.6 Å². The third-order valence-electron chi connectivity index (χ3n) is 4.07. The van der Waals surface area contributed by atoms with E-state index in [1.54, 1.807) is 24.3 Å². The van der Waals surface area contributed by atoms with Crippen molar-refractivity contribution in [3.63, 3.8) is 0 Å². The minimum atomic E-state index is -0.811. The van der Waals surface area contributed by atoms with Crippen LogP contribution in [-0.2, 0) is 19.6 Å². The van der Waals surface area contributed by atoms with Gasteiger partial charge in [0.2, 0.25) is 12.6 Å². The Bertz CT molecular complexity index is 706. The zero-order valence-electron chi connectivity index (χ0n) is 14.9. The van der Waals surface area contributed by atoms with Crippen molar-refractivity contribution in [3.8, 4) is 0 Å². The number of carbonyl (C=O) groups is 1. The minimum absolute atomic E-state index is 0.0950. The van der Waals surface area contributed by atoms with Crippen LogP contribution < -0.4 is 5.32 Å². The first-order chi connectivity index (χ1) is 12.7. The number of aryl methyl sites for hydroxylation is 1. The molecule has 2 aromatic rings. The Balaban J connectivity index is 1.54. The molecule has 1 aliphatic rings. The van der Waals surface area contributed by atoms with Crippen LogP contribution in [0.5, 0.6) is 0 Å². The lowest BCUT2D eigenvalue weighted by atomic mass is 10.1. The van der Waals surface area contributed by atoms with Crippen molar-refractivity contribution in [1.29, 1.82) is 0 Å². The van der Waals surface area contributed by atoms with Gasteiger partial charge in [0.05, 0.1) is 0 Å². The van der Waals surface area contributed by atoms with Crippen LogP contribution in [0, 0.1) is 6.92 Å². The zero-order valence-corrected chi connectivity index (χ0v) is 14.9. The van der Waals surface area contributed by atoms with Gasteiger partial charge in [-0.1, -0.05) is 55.3 Å². The lowest BCUT2D eigenvalue weighted by Gasteiger charge is -2.27. The molecule has 0 radical (unpaired) electrons. The van der Waals surface area contributed by atoms with Crippen molar-refractivity contribution in [2.75, 3.05) is 6.54 Å². The number of carbonyl (C=O) groups excluding carboxylic acids is 1. The van der Waals surface area contributed by atoms with Gasteiger partial charge in [0.25, 0.3) is 5.91 Å². The maximum absolute atomic E-state index is 12.0. The summed E-state index contributed by atoms with van der Waals surface area (Å²) in [6.07, 6.45) is 0.452. The van der Waals surface area contributed by atoms with Gasteiger partial charge in [0.15, 0.2) is 0 Å². The van der Waals surface area contributed by atoms with Crippen LogP contribution in [-0.4, -0.2) is 12.5 Å². The van der Waals surface area contributed by atoms with Crippen molar-refractivity contribution < 1.29 is 24.3 Å². The molecule has 1 aliphatic heterocycles. The number of rotatable bonds is 6. The first-order valence-electron chi connectivity index (χ1n) is 8.76. The van der Waals surface area contributed by atoms with E-state index < -0.39 is 12.6 Å². The van der Waals surface area contributed by atoms with Crippen molar-refractivity contribution in [2.24, 2.45) is 0 Å². The molecule has 26 heavy (non-hydrogen) atoms. The van der Waals surface area contributed by atoms with Crippen molar-refractivity contribution in [3.05, 3.63) is 70.8 Å². The number of unbranched alkanes of at least 4 members (excludes halogenated alkanes) is 1. The number of amides is 1. The van der Waals surface area contributed by atoms with Crippen LogP contribution in [0.1, 0.15) is 59.4 Å². The first-order valence-corrected chi connectivity index (χ1v) is 8.76. The van der Waals surface area contributed by atoms with Gasteiger partial charge in [-0.15, -0.1) is 0 Å². The van der Waals surface area contributed by atoms with Crippen molar-refractivity contribution in [1.82, 2.24) is 5.32 Å². The van der Waals surface area contributed by atoms with Gasteiger partial charge < -0.3 is 5.32 Å². The Morgan fingerprint density at radius 2 is 1.38 bits per heavy atom. The van der Waals surface area contributed by atoms with Gasteiger partial charge in [-0.05, 0) is 25.5 Å². The SMILES string of the molecule is CCCCNC(=O)c1ccc(C2OOC(c3ccc(C)cc3)OO2)cc1. The van der Waals surface area contributed by atoms with Gasteiger partial charge in [-0.3, -0.25) is 4.79 Å². The fourth-order valence-corrected chi connectivity index (χ4v) is 2.45. The molecule has 0 saturated carbocycles. The zero-order chi connectivity index (χ0) is 18.4. The van der Waals surface area contributed by atoms with E-state index in [9.17, 15) is 4.79 Å². The third kappa shape index (κ3) is 4.68. The second-order valence-corrected chi connectivity index (χ2v) is 6.19. The number of hydrogen-bond acceptors (Lipinski definition) is 5. The Labute approximate surface area is 152 Å². The minimum Gasteiger partial charge on any atom is -0.352 e. The Hall–Kier alpha value is -2.25. The maximum Gasteiger partial charge on any atom is 0.251 e. The summed E-state index contributed by atoms with van der Waals surface area (Å²) < 4.78 is 0. The van der Waals surface area contributed by atoms with Gasteiger partial charge in [-0.25, -0.2) is 0 Å². The lowest BCUT2D eigenvalue weighted by Crippen LogP contribution is -2.24. The normalized spacial score (nSPS) is 19.9. The van der Waals surface area contributed by atoms with E-state index in [0.717, 1.165) is 24.0 Å². The van der Waals surface area contributed by atoms with Gasteiger partial charge >= 0.3 is 0 Å². The van der Waals surface area contributed by atoms with E-state index in [1.807, 2.05) is 31.2 Å². The largest absolute Gasteiger partial charge is 0.352 e. The molecule has 0 spiro atoms. The summed E-state index contributed by atoms with van der Waals surface area (Å²) in [6, 6.07) is 14.6. The molecule has 0 atom stereocenters. The molecule has 0 aliphatic carbocycles. The van der Waals surface area contributed by atoms with Crippen LogP contribution in [0.15, 0.2) is 48.5 Å². The molecule has 6 nitrogen and oxygen atoms in total. The van der Waals surface area contributed by atoms with Crippen LogP contribution in [0.2, 0.25) is 0 Å². The highest BCUT2D eigenvalue weighted by molar-refractivity contribution is 5.94. The van der Waals surface area contributed by atoms with E-state index in [1.165, 1.54) is 0 Å². The van der Waals surface area contributed by atoms with Crippen LogP contribution in [0.4, 0.5) is 0 Å². The maximum atomic E-state index is 12.0. The summed E-state index contributed by atoms with van der Waals surface area (Å²) >= 11 is 0. The lowest BCUT2D eigenvalue weighted by molar-refractivity contribution is -0.600. The second kappa shape index (κ2) is 8.91. The van der Waals surface area contributed by atoms with Crippen LogP contribution >= 0.6 is 0 Å². The molecule has 3 rings (SSSR count). The Morgan fingerprint density at radius 3 is 1.88 bits per heavy atom. The van der Waals surface area contributed by atoms with Crippen molar-refractivity contribution in [2.45, 2.75) is 39.3 Å². The summed E-state index contributed by atoms with van der Waals surface area (Å²) in [6.45, 7) is 4.76. The standard InChI is InChI=1S/C20H23NO5/c1-3-4-13-21-18(22)15-9-11-17(12-10-15)20-25-23-19(24-26-20)16-7-5-14(2)6-8-16/h5-12,19-20H,3-4,13H2,1-2H3,(H,21,22). The van der Waals surface area contributed by atoms with Gasteiger partial charge in [0, 0.05) is 23.2 Å². The number of nitrogens with one attached hydrogen (secondary N) is 1. The molecule has 1 fully saturated rings. The number of hydrogen-bond donors (Lipinski definition) is 1. The fourth-order valence-electron chi connectivity index (χ4n) is 2.45. The van der Waals surface area contributed by atoms with Crippen molar-refractivity contribution >= 4 is 5.91 Å². The molecular formula is C20H23NO5. The fraction of sp³-hybridized carbons (Fsp3) is 0.350. The predicted molar refractivity (Wildman–Crippen MR) is 94.7 cm³/mol. The topological polar surface area (TPSA) is 66.0 Å². The highest BCUT2D eigenvalue weighted by Gasteiger charge is 2.28. The average Bonchev–Trinajstić information content (AvgIpc) is 2.69. The Kier molecular flexibility index (Phi) is 6.35. The van der Waals surface area contributed by atoms with E-state index >= 15 is 0 Å². The average molecular weight is 357 g/mol. The van der Waals surface area contributed by atoms with Crippen LogP contribution in [0.25, 0.3) is 0 Å². The third-order valence-corrected chi connectivity index (χ3v) is 4.07. The summed E-state index contributed by atoms with van der Waals surface area (Å²) in [5.41, 5.74) is 3.22. The molecule has 1 N–H and O–H groups in total. The molecular weight excluding hydrogens is 334 g/mol. The van der Waals surface area contributed by atoms with E-state index in [2.05, 4.69) is 12.2 Å². The highest BCUT2D eigenvalue weighted by atomic mass is 17.4. The number of benzene rings is 2. The molecule has 0 unspecified atom stereocenters. The van der Waals surface area contributed by atoms with E-state index in [0.29, 0.717) is 17.7 Å². The summed E-state index contributed by atoms with van der Waals surface area (Å²) in [7, 11) is 0. The summed E-state index contributed by atoms with van der Waals surface area (Å²) in [5.74, 6) is -0.0950. The summed E-state index contributed by atoms with van der Waals surface area (Å²) in [4.78, 5) is 33.2. The molecule has 6 heteroatoms. The second-order valence-electron chi connectivity index (χ2n) is 6.19. The molecule has 0 aromatic heterocycles. The molecule has 1 heterocycles. The smallest absolute Gasteiger partial charge is 0.251 e. The highest BCUT2D eigenvalue weighted by Crippen LogP contribution is 2.32. The predicted octanol–water partition coefficient (Wildman–Crippen LogP) is 4.13.